The Labute approximate surface area is 70.3 Å². The van der Waals surface area contributed by atoms with Gasteiger partial charge in [-0.15, -0.1) is 11.7 Å². The molecule has 1 heterocycles. The van der Waals surface area contributed by atoms with Crippen LogP contribution >= 0.6 is 11.9 Å². The Balaban J connectivity index is 2.40. The molecule has 0 saturated carbocycles. The van der Waals surface area contributed by atoms with Crippen LogP contribution in [-0.2, 0) is 0 Å². The van der Waals surface area contributed by atoms with Crippen LogP contribution < -0.4 is 0 Å². The Bertz CT molecular complexity index is 192. The van der Waals surface area contributed by atoms with Gasteiger partial charge < -0.3 is 0 Å². The van der Waals surface area contributed by atoms with E-state index in [1.165, 1.54) is 11.9 Å². The maximum absolute atomic E-state index is 3.86. The minimum absolute atomic E-state index is 0.837. The fourth-order valence-corrected chi connectivity index (χ4v) is 1.03. The topological polar surface area (TPSA) is 28.0 Å². The van der Waals surface area contributed by atoms with Crippen molar-refractivity contribution in [3.8, 4) is 0 Å². The van der Waals surface area contributed by atoms with E-state index in [9.17, 15) is 0 Å². The molecule has 1 aliphatic heterocycles. The molecule has 3 nitrogen and oxygen atoms in total. The fraction of sp³-hybridized carbons (Fsp3) is 0.143. The van der Waals surface area contributed by atoms with Crippen LogP contribution in [0.4, 0.5) is 0 Å². The predicted octanol–water partition coefficient (Wildman–Crippen LogP) is 2.53. The molecule has 1 aliphatic rings. The minimum atomic E-state index is 0.837. The monoisotopic (exact) mass is 167 g/mol. The molecule has 0 unspecified atom stereocenters. The molecule has 0 atom stereocenters. The molecule has 0 amide bonds. The third-order valence-electron chi connectivity index (χ3n) is 0.942. The summed E-state index contributed by atoms with van der Waals surface area (Å²) in [7, 11) is 0. The summed E-state index contributed by atoms with van der Waals surface area (Å²) >= 11 is 1.54. The molecule has 4 heteroatoms. The number of allylic oxidation sites excluding steroid dienone is 2. The zero-order valence-electron chi connectivity index (χ0n) is 6.05. The number of rotatable bonds is 3. The predicted molar refractivity (Wildman–Crippen MR) is 47.6 cm³/mol. The van der Waals surface area contributed by atoms with Gasteiger partial charge in [0.05, 0.1) is 6.20 Å². The van der Waals surface area contributed by atoms with Crippen LogP contribution in [0.5, 0.6) is 0 Å². The van der Waals surface area contributed by atoms with Crippen molar-refractivity contribution < 1.29 is 0 Å². The first-order chi connectivity index (χ1) is 5.43. The first kappa shape index (κ1) is 8.07. The van der Waals surface area contributed by atoms with Crippen molar-refractivity contribution in [2.45, 2.75) is 0 Å². The molecule has 0 aliphatic carbocycles. The number of hydrogen-bond acceptors (Lipinski definition) is 4. The van der Waals surface area contributed by atoms with E-state index in [2.05, 4.69) is 16.9 Å². The van der Waals surface area contributed by atoms with Crippen molar-refractivity contribution in [1.82, 2.24) is 4.41 Å². The fourth-order valence-electron chi connectivity index (χ4n) is 0.520. The molecule has 0 bridgehead atoms. The van der Waals surface area contributed by atoms with Crippen molar-refractivity contribution in [3.05, 3.63) is 37.2 Å². The highest BCUT2D eigenvalue weighted by atomic mass is 32.2. The summed E-state index contributed by atoms with van der Waals surface area (Å²) < 4.78 is 1.70. The first-order valence-electron chi connectivity index (χ1n) is 3.20. The Morgan fingerprint density at radius 1 is 1.55 bits per heavy atom. The third-order valence-corrected chi connectivity index (χ3v) is 1.79. The SMILES string of the molecule is C=CCSN1C=CC=CN=N1. The average molecular weight is 167 g/mol. The minimum Gasteiger partial charge on any atom is -0.195 e. The highest BCUT2D eigenvalue weighted by Crippen LogP contribution is 2.12. The summed E-state index contributed by atoms with van der Waals surface area (Å²) in [6.07, 6.45) is 9.03. The zero-order valence-corrected chi connectivity index (χ0v) is 6.87. The second-order valence-corrected chi connectivity index (χ2v) is 2.74. The van der Waals surface area contributed by atoms with Gasteiger partial charge in [-0.2, -0.15) is 4.41 Å². The van der Waals surface area contributed by atoms with E-state index in [1.807, 2.05) is 24.4 Å². The maximum Gasteiger partial charge on any atom is 0.0514 e. The van der Waals surface area contributed by atoms with E-state index >= 15 is 0 Å². The normalized spacial score (nSPS) is 15.1. The molecule has 1 rings (SSSR count). The smallest absolute Gasteiger partial charge is 0.0514 e. The van der Waals surface area contributed by atoms with Crippen LogP contribution in [0.3, 0.4) is 0 Å². The quantitative estimate of drug-likeness (QED) is 0.477. The lowest BCUT2D eigenvalue weighted by Crippen LogP contribution is -1.96. The molecule has 0 aromatic carbocycles. The lowest BCUT2D eigenvalue weighted by Gasteiger charge is -2.06. The van der Waals surface area contributed by atoms with Gasteiger partial charge in [0.25, 0.3) is 0 Å². The Morgan fingerprint density at radius 2 is 2.45 bits per heavy atom. The third kappa shape index (κ3) is 3.04. The highest BCUT2D eigenvalue weighted by Gasteiger charge is 1.94. The van der Waals surface area contributed by atoms with Gasteiger partial charge in [-0.3, -0.25) is 0 Å². The van der Waals surface area contributed by atoms with Crippen LogP contribution in [-0.4, -0.2) is 10.2 Å². The van der Waals surface area contributed by atoms with E-state index in [-0.39, 0.29) is 0 Å². The molecule has 0 aromatic rings. The molecule has 0 radical (unpaired) electrons. The van der Waals surface area contributed by atoms with Crippen molar-refractivity contribution in [2.24, 2.45) is 10.3 Å². The van der Waals surface area contributed by atoms with Gasteiger partial charge in [-0.05, 0) is 24.1 Å². The summed E-state index contributed by atoms with van der Waals surface area (Å²) in [6, 6.07) is 0. The summed E-state index contributed by atoms with van der Waals surface area (Å²) in [5.74, 6) is 0.837. The lowest BCUT2D eigenvalue weighted by molar-refractivity contribution is 0.628. The summed E-state index contributed by atoms with van der Waals surface area (Å²) in [5.41, 5.74) is 0. The Morgan fingerprint density at radius 3 is 3.27 bits per heavy atom. The standard InChI is InChI=1S/C7H9N3S/c1-2-7-11-10-6-4-3-5-8-9-10/h2-6H,1,7H2. The molecule has 0 aromatic heterocycles. The van der Waals surface area contributed by atoms with Crippen molar-refractivity contribution in [2.75, 3.05) is 5.75 Å². The molecular formula is C7H9N3S. The van der Waals surface area contributed by atoms with Crippen LogP contribution in [0.2, 0.25) is 0 Å². The second kappa shape index (κ2) is 4.73. The summed E-state index contributed by atoms with van der Waals surface area (Å²) in [5, 5.41) is 7.62. The van der Waals surface area contributed by atoms with E-state index < -0.39 is 0 Å². The molecule has 11 heavy (non-hydrogen) atoms. The molecule has 0 spiro atoms. The summed E-state index contributed by atoms with van der Waals surface area (Å²) in [6.45, 7) is 3.61. The van der Waals surface area contributed by atoms with E-state index in [0.717, 1.165) is 5.75 Å². The maximum atomic E-state index is 3.86. The molecule has 0 fully saturated rings. The first-order valence-corrected chi connectivity index (χ1v) is 4.15. The second-order valence-electron chi connectivity index (χ2n) is 1.77. The summed E-state index contributed by atoms with van der Waals surface area (Å²) in [4.78, 5) is 0. The van der Waals surface area contributed by atoms with Crippen molar-refractivity contribution in [1.29, 1.82) is 0 Å². The van der Waals surface area contributed by atoms with Gasteiger partial charge in [-0.25, -0.2) is 0 Å². The van der Waals surface area contributed by atoms with Gasteiger partial charge in [-0.1, -0.05) is 11.3 Å². The Hall–Kier alpha value is -1.03. The van der Waals surface area contributed by atoms with Crippen LogP contribution in [0.1, 0.15) is 0 Å². The van der Waals surface area contributed by atoms with Crippen molar-refractivity contribution in [3.63, 3.8) is 0 Å². The van der Waals surface area contributed by atoms with E-state index in [1.54, 1.807) is 10.6 Å². The zero-order chi connectivity index (χ0) is 7.94. The molecule has 0 saturated heterocycles. The highest BCUT2D eigenvalue weighted by molar-refractivity contribution is 7.97. The largest absolute Gasteiger partial charge is 0.195 e. The van der Waals surface area contributed by atoms with Crippen LogP contribution in [0, 0.1) is 0 Å². The molecule has 58 valence electrons. The van der Waals surface area contributed by atoms with Crippen molar-refractivity contribution >= 4 is 11.9 Å². The van der Waals surface area contributed by atoms with Gasteiger partial charge >= 0.3 is 0 Å². The van der Waals surface area contributed by atoms with Gasteiger partial charge in [0.2, 0.25) is 0 Å². The van der Waals surface area contributed by atoms with Gasteiger partial charge in [0, 0.05) is 12.0 Å². The van der Waals surface area contributed by atoms with Gasteiger partial charge in [0.15, 0.2) is 0 Å². The van der Waals surface area contributed by atoms with Crippen LogP contribution in [0.15, 0.2) is 47.5 Å². The Kier molecular flexibility index (Phi) is 3.47. The number of hydrogen-bond donors (Lipinski definition) is 0. The molecular weight excluding hydrogens is 158 g/mol. The molecule has 0 N–H and O–H groups in total. The van der Waals surface area contributed by atoms with Gasteiger partial charge in [0.1, 0.15) is 0 Å². The number of nitrogens with zero attached hydrogens (tertiary/aromatic N) is 3. The van der Waals surface area contributed by atoms with Crippen LogP contribution in [0.25, 0.3) is 0 Å². The average Bonchev–Trinajstić information content (AvgIpc) is 2.28. The lowest BCUT2D eigenvalue weighted by atomic mass is 10.6. The van der Waals surface area contributed by atoms with E-state index in [0.29, 0.717) is 0 Å². The van der Waals surface area contributed by atoms with E-state index in [4.69, 9.17) is 0 Å².